The highest BCUT2D eigenvalue weighted by Gasteiger charge is 2.58. The first-order valence-corrected chi connectivity index (χ1v) is 13.4. The van der Waals surface area contributed by atoms with Gasteiger partial charge >= 0.3 is 6.09 Å². The van der Waals surface area contributed by atoms with Gasteiger partial charge in [0.15, 0.2) is 12.6 Å². The Balaban J connectivity index is 1.34. The second-order valence-electron chi connectivity index (χ2n) is 10.6. The number of carbonyl (C=O) groups is 1. The molecule has 14 atom stereocenters. The van der Waals surface area contributed by atoms with Crippen molar-refractivity contribution in [2.24, 2.45) is 11.5 Å². The van der Waals surface area contributed by atoms with Crippen LogP contribution in [-0.2, 0) is 30.3 Å². The van der Waals surface area contributed by atoms with Gasteiger partial charge in [0.2, 0.25) is 0 Å². The van der Waals surface area contributed by atoms with Gasteiger partial charge in [0.05, 0.1) is 36.9 Å². The predicted octanol–water partition coefficient (Wildman–Crippen LogP) is -4.03. The van der Waals surface area contributed by atoms with Crippen molar-refractivity contribution in [3.63, 3.8) is 0 Å². The zero-order valence-corrected chi connectivity index (χ0v) is 21.6. The molecule has 1 aliphatic carbocycles. The van der Waals surface area contributed by atoms with Gasteiger partial charge in [0.1, 0.15) is 43.2 Å². The Bertz CT molecular complexity index is 995. The smallest absolute Gasteiger partial charge is 0.407 e. The van der Waals surface area contributed by atoms with Gasteiger partial charge in [-0.2, -0.15) is 0 Å². The highest BCUT2D eigenvalue weighted by molar-refractivity contribution is 5.67. The van der Waals surface area contributed by atoms with Crippen molar-refractivity contribution in [2.75, 3.05) is 13.2 Å². The summed E-state index contributed by atoms with van der Waals surface area (Å²) in [7, 11) is 0. The van der Waals surface area contributed by atoms with Gasteiger partial charge in [-0.15, -0.1) is 0 Å². The third-order valence-electron chi connectivity index (χ3n) is 7.86. The maximum atomic E-state index is 12.8. The fraction of sp³-hybridized carbons (Fsp3) is 0.720. The van der Waals surface area contributed by atoms with Crippen molar-refractivity contribution < 1.29 is 54.0 Å². The molecule has 15 heteroatoms. The molecule has 4 fully saturated rings. The number of alkyl carbamates (subject to hydrolysis) is 1. The first-order chi connectivity index (χ1) is 19.2. The van der Waals surface area contributed by atoms with E-state index in [0.29, 0.717) is 0 Å². The molecule has 0 radical (unpaired) electrons. The van der Waals surface area contributed by atoms with Gasteiger partial charge in [-0.1, -0.05) is 30.3 Å². The Hall–Kier alpha value is -1.99. The van der Waals surface area contributed by atoms with Crippen LogP contribution in [0, 0.1) is 0 Å². The topological polar surface area (TPSA) is 250 Å². The molecule has 5 rings (SSSR count). The van der Waals surface area contributed by atoms with Gasteiger partial charge in [-0.05, 0) is 12.0 Å². The molecule has 40 heavy (non-hydrogen) atoms. The summed E-state index contributed by atoms with van der Waals surface area (Å²) in [6.45, 7) is -0.534. The maximum absolute atomic E-state index is 12.8. The molecule has 3 aliphatic heterocycles. The van der Waals surface area contributed by atoms with Crippen LogP contribution in [0.2, 0.25) is 0 Å². The second-order valence-corrected chi connectivity index (χ2v) is 10.6. The van der Waals surface area contributed by atoms with Crippen LogP contribution in [0.1, 0.15) is 12.0 Å². The average molecular weight is 571 g/mol. The Morgan fingerprint density at radius 3 is 2.33 bits per heavy atom. The van der Waals surface area contributed by atoms with Crippen LogP contribution < -0.4 is 22.1 Å². The minimum Gasteiger partial charge on any atom is -0.445 e. The molecule has 224 valence electrons. The minimum atomic E-state index is -1.54. The summed E-state index contributed by atoms with van der Waals surface area (Å²) in [5, 5.41) is 57.3. The third-order valence-corrected chi connectivity index (χ3v) is 7.86. The first-order valence-electron chi connectivity index (χ1n) is 13.4. The molecule has 15 nitrogen and oxygen atoms in total. The Kier molecular flexibility index (Phi) is 9.20. The molecule has 3 heterocycles. The van der Waals surface area contributed by atoms with E-state index in [4.69, 9.17) is 35.2 Å². The normalized spacial score (nSPS) is 44.6. The van der Waals surface area contributed by atoms with E-state index in [0.717, 1.165) is 5.56 Å². The van der Waals surface area contributed by atoms with Crippen LogP contribution >= 0.6 is 0 Å². The Morgan fingerprint density at radius 1 is 0.950 bits per heavy atom. The van der Waals surface area contributed by atoms with Crippen LogP contribution in [0.5, 0.6) is 0 Å². The summed E-state index contributed by atoms with van der Waals surface area (Å²) in [5.41, 5.74) is 12.8. The largest absolute Gasteiger partial charge is 0.445 e. The molecule has 11 unspecified atom stereocenters. The number of hydrogen-bond acceptors (Lipinski definition) is 14. The number of aliphatic hydroxyl groups excluding tert-OH is 5. The molecule has 1 amide bonds. The highest BCUT2D eigenvalue weighted by atomic mass is 16.7. The standard InChI is InChI=1S/C25H38N4O11/c26-7-13-18(32)15-16(29-15)23(37-13)39-21-12(28-25(35)36-9-10-4-2-1-3-5-10)6-11(27)17(31)22(21)40-24-20(34)19(33)14(8-30)38-24/h1-5,11-24,29-34H,6-9,26-27H2,(H,28,35)/t11?,12?,13?,14-,15?,16?,17?,18?,19-,20-,21?,22?,23?,24?/m1/s1. The fourth-order valence-corrected chi connectivity index (χ4v) is 5.51. The van der Waals surface area contributed by atoms with Crippen molar-refractivity contribution in [3.05, 3.63) is 35.9 Å². The van der Waals surface area contributed by atoms with Crippen molar-refractivity contribution in [2.45, 2.75) is 98.6 Å². The van der Waals surface area contributed by atoms with Crippen molar-refractivity contribution in [3.8, 4) is 0 Å². The molecular formula is C25H38N4O11. The number of nitrogens with two attached hydrogens (primary N) is 2. The van der Waals surface area contributed by atoms with E-state index >= 15 is 0 Å². The molecule has 0 spiro atoms. The van der Waals surface area contributed by atoms with E-state index in [-0.39, 0.29) is 31.7 Å². The molecule has 11 N–H and O–H groups in total. The number of carbonyl (C=O) groups excluding carboxylic acids is 1. The number of nitrogens with one attached hydrogen (secondary N) is 2. The van der Waals surface area contributed by atoms with Crippen molar-refractivity contribution >= 4 is 6.09 Å². The molecule has 0 aromatic heterocycles. The van der Waals surface area contributed by atoms with Gasteiger partial charge in [-0.25, -0.2) is 4.79 Å². The molecule has 1 aromatic rings. The van der Waals surface area contributed by atoms with Crippen LogP contribution in [0.4, 0.5) is 4.79 Å². The van der Waals surface area contributed by atoms with Gasteiger partial charge < -0.3 is 71.3 Å². The number of fused-ring (bicyclic) bond motifs is 1. The number of hydrogen-bond donors (Lipinski definition) is 9. The van der Waals surface area contributed by atoms with E-state index in [1.807, 2.05) is 18.2 Å². The lowest BCUT2D eigenvalue weighted by molar-refractivity contribution is -0.287. The first kappa shape index (κ1) is 29.5. The van der Waals surface area contributed by atoms with Crippen molar-refractivity contribution in [1.29, 1.82) is 0 Å². The van der Waals surface area contributed by atoms with Gasteiger partial charge in [0.25, 0.3) is 0 Å². The minimum absolute atomic E-state index is 0.0115. The third kappa shape index (κ3) is 6.11. The average Bonchev–Trinajstić information content (AvgIpc) is 3.72. The van der Waals surface area contributed by atoms with Crippen LogP contribution in [-0.4, -0.2) is 130 Å². The van der Waals surface area contributed by atoms with E-state index in [2.05, 4.69) is 10.6 Å². The maximum Gasteiger partial charge on any atom is 0.407 e. The van der Waals surface area contributed by atoms with Crippen LogP contribution in [0.15, 0.2) is 30.3 Å². The Morgan fingerprint density at radius 2 is 1.65 bits per heavy atom. The number of benzene rings is 1. The number of aliphatic hydroxyl groups is 5. The number of rotatable bonds is 9. The summed E-state index contributed by atoms with van der Waals surface area (Å²) in [6, 6.07) is 6.64. The second kappa shape index (κ2) is 12.5. The van der Waals surface area contributed by atoms with Gasteiger partial charge in [-0.3, -0.25) is 0 Å². The number of ether oxygens (including phenoxy) is 5. The van der Waals surface area contributed by atoms with E-state index in [9.17, 15) is 30.3 Å². The van der Waals surface area contributed by atoms with E-state index in [1.54, 1.807) is 12.1 Å². The highest BCUT2D eigenvalue weighted by Crippen LogP contribution is 2.36. The van der Waals surface area contributed by atoms with E-state index in [1.165, 1.54) is 0 Å². The van der Waals surface area contributed by atoms with Crippen molar-refractivity contribution in [1.82, 2.24) is 10.6 Å². The Labute approximate surface area is 230 Å². The van der Waals surface area contributed by atoms with Crippen LogP contribution in [0.25, 0.3) is 0 Å². The molecule has 4 aliphatic rings. The number of amides is 1. The van der Waals surface area contributed by atoms with Crippen LogP contribution in [0.3, 0.4) is 0 Å². The zero-order chi connectivity index (χ0) is 28.6. The monoisotopic (exact) mass is 570 g/mol. The lowest BCUT2D eigenvalue weighted by Crippen LogP contribution is -2.66. The lowest BCUT2D eigenvalue weighted by atomic mass is 9.84. The summed E-state index contributed by atoms with van der Waals surface area (Å²) >= 11 is 0. The molecule has 1 saturated carbocycles. The summed E-state index contributed by atoms with van der Waals surface area (Å²) in [6.07, 6.45) is -12.4. The van der Waals surface area contributed by atoms with E-state index < -0.39 is 86.2 Å². The summed E-state index contributed by atoms with van der Waals surface area (Å²) in [5.74, 6) is 0. The quantitative estimate of drug-likeness (QED) is 0.128. The molecule has 1 aromatic carbocycles. The van der Waals surface area contributed by atoms with Gasteiger partial charge in [0, 0.05) is 12.6 Å². The summed E-state index contributed by atoms with van der Waals surface area (Å²) < 4.78 is 28.9. The lowest BCUT2D eigenvalue weighted by Gasteiger charge is -2.46. The molecule has 3 saturated heterocycles. The summed E-state index contributed by atoms with van der Waals surface area (Å²) in [4.78, 5) is 12.8. The molecule has 0 bridgehead atoms. The molecular weight excluding hydrogens is 532 g/mol. The predicted molar refractivity (Wildman–Crippen MR) is 134 cm³/mol. The fourth-order valence-electron chi connectivity index (χ4n) is 5.51. The zero-order valence-electron chi connectivity index (χ0n) is 21.6. The SMILES string of the molecule is NCC1OC(OC2C(NC(=O)OCc3ccccc3)CC(N)C(O)C2OC2O[C@H](CO)[C@@H](O)[C@H]2O)C2NC2C1O.